The summed E-state index contributed by atoms with van der Waals surface area (Å²) in [6.07, 6.45) is 2.17. The molecule has 0 fully saturated rings. The Morgan fingerprint density at radius 3 is 2.23 bits per heavy atom. The third kappa shape index (κ3) is 2.68. The highest BCUT2D eigenvalue weighted by Gasteiger charge is 2.20. The molecule has 0 saturated carbocycles. The molecule has 0 amide bonds. The number of nitrogens with two attached hydrogens (primary N) is 1. The van der Waals surface area contributed by atoms with Gasteiger partial charge in [-0.1, -0.05) is 67.3 Å². The van der Waals surface area contributed by atoms with Gasteiger partial charge in [-0.2, -0.15) is 0 Å². The second kappa shape index (κ2) is 6.20. The normalized spacial score (nSPS) is 12.7. The van der Waals surface area contributed by atoms with Crippen molar-refractivity contribution in [3.05, 3.63) is 108 Å². The summed E-state index contributed by atoms with van der Waals surface area (Å²) in [5.41, 5.74) is 17.0. The number of hydrogen-bond donors (Lipinski definition) is 1. The van der Waals surface area contributed by atoms with Crippen LogP contribution in [0.3, 0.4) is 0 Å². The Hall–Kier alpha value is -3.32. The van der Waals surface area contributed by atoms with E-state index in [-0.39, 0.29) is 0 Å². The van der Waals surface area contributed by atoms with E-state index in [1.807, 2.05) is 19.1 Å². The van der Waals surface area contributed by atoms with E-state index in [0.29, 0.717) is 0 Å². The second-order valence-electron chi connectivity index (χ2n) is 6.79. The lowest BCUT2D eigenvalue weighted by Crippen LogP contribution is -1.94. The van der Waals surface area contributed by atoms with Gasteiger partial charge in [0.2, 0.25) is 0 Å². The van der Waals surface area contributed by atoms with Crippen LogP contribution < -0.4 is 5.73 Å². The number of rotatable bonds is 2. The van der Waals surface area contributed by atoms with E-state index in [4.69, 9.17) is 5.73 Å². The summed E-state index contributed by atoms with van der Waals surface area (Å²) in [6, 6.07) is 23.0. The molecule has 0 atom stereocenters. The summed E-state index contributed by atoms with van der Waals surface area (Å²) in [5.74, 6) is 0. The molecule has 1 heteroatoms. The van der Waals surface area contributed by atoms with Gasteiger partial charge in [0, 0.05) is 5.69 Å². The Labute approximate surface area is 154 Å². The molecule has 0 aromatic heterocycles. The molecule has 2 N–H and O–H groups in total. The monoisotopic (exact) mass is 335 g/mol. The summed E-state index contributed by atoms with van der Waals surface area (Å²) in [5, 5.41) is 0. The molecular weight excluding hydrogens is 314 g/mol. The summed E-state index contributed by atoms with van der Waals surface area (Å²) in [6.45, 7) is 10.5. The van der Waals surface area contributed by atoms with Crippen LogP contribution in [0, 0.1) is 0 Å². The molecule has 3 aromatic carbocycles. The van der Waals surface area contributed by atoms with Crippen LogP contribution in [0.4, 0.5) is 5.69 Å². The van der Waals surface area contributed by atoms with Crippen molar-refractivity contribution in [2.75, 3.05) is 5.73 Å². The molecule has 0 heterocycles. The predicted molar refractivity (Wildman–Crippen MR) is 114 cm³/mol. The van der Waals surface area contributed by atoms with E-state index in [2.05, 4.69) is 73.8 Å². The average Bonchev–Trinajstić information content (AvgIpc) is 2.77. The number of nitrogen functional groups attached to an aromatic ring is 1. The first-order valence-corrected chi connectivity index (χ1v) is 8.71. The number of allylic oxidation sites excluding steroid dienone is 3. The van der Waals surface area contributed by atoms with Gasteiger partial charge in [-0.3, -0.25) is 0 Å². The SMILES string of the molecule is C=C(C)c1ccc2c(c1)C(=C)C=C(c1ccccc1)c1cc(N)ccc1-2. The van der Waals surface area contributed by atoms with Crippen molar-refractivity contribution in [2.45, 2.75) is 6.92 Å². The van der Waals surface area contributed by atoms with Gasteiger partial charge >= 0.3 is 0 Å². The lowest BCUT2D eigenvalue weighted by Gasteiger charge is -2.14. The Morgan fingerprint density at radius 1 is 0.808 bits per heavy atom. The third-order valence-corrected chi connectivity index (χ3v) is 4.89. The van der Waals surface area contributed by atoms with Crippen LogP contribution >= 0.6 is 0 Å². The van der Waals surface area contributed by atoms with E-state index in [0.717, 1.165) is 44.7 Å². The van der Waals surface area contributed by atoms with E-state index >= 15 is 0 Å². The summed E-state index contributed by atoms with van der Waals surface area (Å²) in [4.78, 5) is 0. The van der Waals surface area contributed by atoms with Gasteiger partial charge in [0.25, 0.3) is 0 Å². The van der Waals surface area contributed by atoms with Crippen LogP contribution in [0.15, 0.2) is 86.0 Å². The summed E-state index contributed by atoms with van der Waals surface area (Å²) >= 11 is 0. The second-order valence-corrected chi connectivity index (χ2v) is 6.79. The van der Waals surface area contributed by atoms with Crippen molar-refractivity contribution in [3.63, 3.8) is 0 Å². The van der Waals surface area contributed by atoms with Gasteiger partial charge in [-0.15, -0.1) is 0 Å². The smallest absolute Gasteiger partial charge is 0.0320 e. The van der Waals surface area contributed by atoms with Gasteiger partial charge < -0.3 is 5.73 Å². The van der Waals surface area contributed by atoms with Crippen LogP contribution in [0.1, 0.15) is 29.2 Å². The highest BCUT2D eigenvalue weighted by Crippen LogP contribution is 2.42. The fourth-order valence-electron chi connectivity index (χ4n) is 3.52. The minimum absolute atomic E-state index is 0.762. The average molecular weight is 335 g/mol. The van der Waals surface area contributed by atoms with Gasteiger partial charge in [0.15, 0.2) is 0 Å². The molecule has 26 heavy (non-hydrogen) atoms. The van der Waals surface area contributed by atoms with E-state index in [1.165, 1.54) is 11.1 Å². The number of fused-ring (bicyclic) bond motifs is 3. The zero-order chi connectivity index (χ0) is 18.3. The molecule has 0 radical (unpaired) electrons. The molecule has 4 rings (SSSR count). The standard InChI is InChI=1S/C25H21N/c1-16(2)19-9-11-21-22-12-10-20(26)15-25(22)24(13-17(3)23(21)14-19)18-7-5-4-6-8-18/h4-15H,1,3,26H2,2H3. The molecule has 0 saturated heterocycles. The minimum Gasteiger partial charge on any atom is -0.399 e. The molecule has 1 aliphatic rings. The van der Waals surface area contributed by atoms with Gasteiger partial charge in [-0.25, -0.2) is 0 Å². The molecule has 126 valence electrons. The fraction of sp³-hybridized carbons (Fsp3) is 0.0400. The molecule has 0 spiro atoms. The fourth-order valence-corrected chi connectivity index (χ4v) is 3.52. The van der Waals surface area contributed by atoms with Crippen LogP contribution in [-0.4, -0.2) is 0 Å². The first-order valence-electron chi connectivity index (χ1n) is 8.71. The molecule has 3 aromatic rings. The van der Waals surface area contributed by atoms with Crippen LogP contribution in [-0.2, 0) is 0 Å². The van der Waals surface area contributed by atoms with Gasteiger partial charge in [-0.05, 0) is 75.7 Å². The topological polar surface area (TPSA) is 26.0 Å². The minimum atomic E-state index is 0.762. The zero-order valence-corrected chi connectivity index (χ0v) is 14.9. The van der Waals surface area contributed by atoms with Crippen molar-refractivity contribution in [2.24, 2.45) is 0 Å². The maximum absolute atomic E-state index is 6.13. The van der Waals surface area contributed by atoms with Crippen molar-refractivity contribution in [1.82, 2.24) is 0 Å². The van der Waals surface area contributed by atoms with Crippen molar-refractivity contribution < 1.29 is 0 Å². The zero-order valence-electron chi connectivity index (χ0n) is 14.9. The summed E-state index contributed by atoms with van der Waals surface area (Å²) < 4.78 is 0. The molecule has 0 bridgehead atoms. The molecule has 0 unspecified atom stereocenters. The maximum atomic E-state index is 6.13. The Morgan fingerprint density at radius 2 is 1.50 bits per heavy atom. The quantitative estimate of drug-likeness (QED) is 0.537. The van der Waals surface area contributed by atoms with Crippen LogP contribution in [0.25, 0.3) is 27.8 Å². The first kappa shape index (κ1) is 16.2. The third-order valence-electron chi connectivity index (χ3n) is 4.89. The van der Waals surface area contributed by atoms with E-state index in [9.17, 15) is 0 Å². The maximum Gasteiger partial charge on any atom is 0.0320 e. The van der Waals surface area contributed by atoms with Crippen molar-refractivity contribution in [1.29, 1.82) is 0 Å². The highest BCUT2D eigenvalue weighted by molar-refractivity contribution is 6.02. The van der Waals surface area contributed by atoms with Gasteiger partial charge in [0.05, 0.1) is 0 Å². The molecule has 1 aliphatic carbocycles. The first-order chi connectivity index (χ1) is 12.5. The van der Waals surface area contributed by atoms with E-state index < -0.39 is 0 Å². The van der Waals surface area contributed by atoms with Gasteiger partial charge in [0.1, 0.15) is 0 Å². The van der Waals surface area contributed by atoms with Crippen LogP contribution in [0.5, 0.6) is 0 Å². The Balaban J connectivity index is 2.04. The van der Waals surface area contributed by atoms with E-state index in [1.54, 1.807) is 0 Å². The lowest BCUT2D eigenvalue weighted by molar-refractivity contribution is 1.51. The number of anilines is 1. The molecular formula is C25H21N. The lowest BCUT2D eigenvalue weighted by atomic mass is 9.90. The number of hydrogen-bond acceptors (Lipinski definition) is 1. The van der Waals surface area contributed by atoms with Crippen molar-refractivity contribution >= 4 is 22.4 Å². The van der Waals surface area contributed by atoms with Crippen LogP contribution in [0.2, 0.25) is 0 Å². The Kier molecular flexibility index (Phi) is 3.85. The van der Waals surface area contributed by atoms with Crippen molar-refractivity contribution in [3.8, 4) is 11.1 Å². The summed E-state index contributed by atoms with van der Waals surface area (Å²) in [7, 11) is 0. The number of benzene rings is 3. The predicted octanol–water partition coefficient (Wildman–Crippen LogP) is 6.43. The molecule has 1 nitrogen and oxygen atoms in total. The molecule has 0 aliphatic heterocycles. The highest BCUT2D eigenvalue weighted by atomic mass is 14.5. The largest absolute Gasteiger partial charge is 0.399 e. The Bertz CT molecular complexity index is 1070.